The number of para-hydroxylation sites is 3. The van der Waals surface area contributed by atoms with E-state index in [2.05, 4.69) is 168 Å². The van der Waals surface area contributed by atoms with E-state index in [-0.39, 0.29) is 0 Å². The highest BCUT2D eigenvalue weighted by atomic mass is 16.3. The fraction of sp³-hybridized carbons (Fsp3) is 0. The third-order valence-corrected chi connectivity index (χ3v) is 10.4. The van der Waals surface area contributed by atoms with Gasteiger partial charge in [-0.15, -0.1) is 0 Å². The van der Waals surface area contributed by atoms with Gasteiger partial charge in [0.25, 0.3) is 0 Å². The summed E-state index contributed by atoms with van der Waals surface area (Å²) in [5, 5.41) is 6.83. The Morgan fingerprint density at radius 2 is 1.02 bits per heavy atom. The van der Waals surface area contributed by atoms with Gasteiger partial charge in [-0.3, -0.25) is 0 Å². The van der Waals surface area contributed by atoms with Gasteiger partial charge in [0.15, 0.2) is 5.58 Å². The van der Waals surface area contributed by atoms with E-state index in [1.807, 2.05) is 12.1 Å². The van der Waals surface area contributed by atoms with Crippen molar-refractivity contribution in [2.75, 3.05) is 0 Å². The zero-order valence-electron chi connectivity index (χ0n) is 27.5. The maximum Gasteiger partial charge on any atom is 0.159 e. The molecule has 11 rings (SSSR count). The Balaban J connectivity index is 1.23. The summed E-state index contributed by atoms with van der Waals surface area (Å²) in [5.74, 6) is 0. The molecule has 0 unspecified atom stereocenters. The molecule has 0 aliphatic carbocycles. The van der Waals surface area contributed by atoms with Crippen molar-refractivity contribution < 1.29 is 8.83 Å². The van der Waals surface area contributed by atoms with E-state index in [0.717, 1.165) is 82.9 Å². The Bertz CT molecular complexity index is 3130. The molecule has 3 aromatic heterocycles. The number of rotatable bonds is 4. The van der Waals surface area contributed by atoms with Gasteiger partial charge in [-0.05, 0) is 70.3 Å². The Hall–Kier alpha value is -6.84. The molecule has 0 spiro atoms. The summed E-state index contributed by atoms with van der Waals surface area (Å²) in [6.07, 6.45) is 0. The summed E-state index contributed by atoms with van der Waals surface area (Å²) in [7, 11) is 0. The fourth-order valence-corrected chi connectivity index (χ4v) is 8.10. The molecule has 0 aliphatic heterocycles. The largest absolute Gasteiger partial charge is 0.456 e. The number of fused-ring (bicyclic) bond motifs is 9. The third kappa shape index (κ3) is 4.19. The van der Waals surface area contributed by atoms with Crippen molar-refractivity contribution in [2.45, 2.75) is 0 Å². The molecule has 3 heteroatoms. The van der Waals surface area contributed by atoms with E-state index in [1.165, 1.54) is 21.9 Å². The lowest BCUT2D eigenvalue weighted by Gasteiger charge is -2.09. The second-order valence-electron chi connectivity index (χ2n) is 13.2. The molecule has 0 saturated heterocycles. The zero-order valence-corrected chi connectivity index (χ0v) is 27.5. The van der Waals surface area contributed by atoms with Crippen LogP contribution in [0.1, 0.15) is 0 Å². The minimum atomic E-state index is 0.863. The highest BCUT2D eigenvalue weighted by molar-refractivity contribution is 6.18. The van der Waals surface area contributed by atoms with Gasteiger partial charge >= 0.3 is 0 Å². The highest BCUT2D eigenvalue weighted by Gasteiger charge is 2.22. The van der Waals surface area contributed by atoms with Crippen LogP contribution in [-0.4, -0.2) is 4.57 Å². The van der Waals surface area contributed by atoms with Gasteiger partial charge in [0, 0.05) is 37.9 Å². The van der Waals surface area contributed by atoms with Gasteiger partial charge in [-0.25, -0.2) is 0 Å². The van der Waals surface area contributed by atoms with Crippen molar-refractivity contribution in [1.82, 2.24) is 4.57 Å². The molecule has 51 heavy (non-hydrogen) atoms. The number of nitrogens with zero attached hydrogens (tertiary/aromatic N) is 1. The third-order valence-electron chi connectivity index (χ3n) is 10.4. The lowest BCUT2D eigenvalue weighted by molar-refractivity contribution is 0.667. The van der Waals surface area contributed by atoms with Crippen LogP contribution in [0.5, 0.6) is 0 Å². The maximum absolute atomic E-state index is 7.10. The first kappa shape index (κ1) is 28.0. The van der Waals surface area contributed by atoms with Crippen LogP contribution in [0, 0.1) is 0 Å². The van der Waals surface area contributed by atoms with Crippen molar-refractivity contribution in [2.24, 2.45) is 0 Å². The second kappa shape index (κ2) is 10.8. The molecule has 0 N–H and O–H groups in total. The summed E-state index contributed by atoms with van der Waals surface area (Å²) in [4.78, 5) is 0. The fourth-order valence-electron chi connectivity index (χ4n) is 8.10. The van der Waals surface area contributed by atoms with Gasteiger partial charge in [-0.2, -0.15) is 0 Å². The van der Waals surface area contributed by atoms with Gasteiger partial charge in [0.1, 0.15) is 16.7 Å². The maximum atomic E-state index is 7.10. The van der Waals surface area contributed by atoms with Crippen LogP contribution in [0.25, 0.3) is 105 Å². The molecule has 3 nitrogen and oxygen atoms in total. The number of hydrogen-bond donors (Lipinski definition) is 0. The lowest BCUT2D eigenvalue weighted by atomic mass is 9.93. The minimum Gasteiger partial charge on any atom is -0.456 e. The van der Waals surface area contributed by atoms with Gasteiger partial charge in [0.05, 0.1) is 16.7 Å². The van der Waals surface area contributed by atoms with Gasteiger partial charge < -0.3 is 13.4 Å². The van der Waals surface area contributed by atoms with Crippen molar-refractivity contribution >= 4 is 65.7 Å². The SMILES string of the molecule is c1ccc(-c2ccc3c4ccccc4n(-c4cccc5c4oc4c(-c6ccccc6)cc(-c6cccc7oc8ccccc8c67)cc45)c3c2)cc1. The number of hydrogen-bond acceptors (Lipinski definition) is 2. The van der Waals surface area contributed by atoms with E-state index in [4.69, 9.17) is 8.83 Å². The smallest absolute Gasteiger partial charge is 0.159 e. The van der Waals surface area contributed by atoms with Gasteiger partial charge in [0.2, 0.25) is 0 Å². The first-order valence-corrected chi connectivity index (χ1v) is 17.3. The molecular weight excluding hydrogens is 623 g/mol. The average Bonchev–Trinajstić information content (AvgIpc) is 3.88. The summed E-state index contributed by atoms with van der Waals surface area (Å²) in [5.41, 5.74) is 13.6. The zero-order chi connectivity index (χ0) is 33.5. The molecule has 0 bridgehead atoms. The quantitative estimate of drug-likeness (QED) is 0.190. The summed E-state index contributed by atoms with van der Waals surface area (Å²) in [6.45, 7) is 0. The van der Waals surface area contributed by atoms with Crippen LogP contribution < -0.4 is 0 Å². The van der Waals surface area contributed by atoms with Crippen LogP contribution >= 0.6 is 0 Å². The molecule has 0 saturated carbocycles. The highest BCUT2D eigenvalue weighted by Crippen LogP contribution is 2.45. The summed E-state index contributed by atoms with van der Waals surface area (Å²) in [6, 6.07) is 62.4. The molecule has 8 aromatic carbocycles. The van der Waals surface area contributed by atoms with E-state index in [0.29, 0.717) is 0 Å². The van der Waals surface area contributed by atoms with Crippen molar-refractivity contribution in [3.05, 3.63) is 176 Å². The number of furan rings is 2. The molecule has 0 amide bonds. The Kier molecular flexibility index (Phi) is 5.96. The Labute approximate surface area is 293 Å². The molecular formula is C48H29NO2. The monoisotopic (exact) mass is 651 g/mol. The molecule has 0 fully saturated rings. The van der Waals surface area contributed by atoms with E-state index in [1.54, 1.807) is 0 Å². The van der Waals surface area contributed by atoms with E-state index in [9.17, 15) is 0 Å². The lowest BCUT2D eigenvalue weighted by Crippen LogP contribution is -1.94. The first-order valence-electron chi connectivity index (χ1n) is 17.3. The predicted molar refractivity (Wildman–Crippen MR) is 212 cm³/mol. The van der Waals surface area contributed by atoms with Crippen LogP contribution in [0.15, 0.2) is 185 Å². The molecule has 0 radical (unpaired) electrons. The predicted octanol–water partition coefficient (Wildman–Crippen LogP) is 13.6. The van der Waals surface area contributed by atoms with Crippen LogP contribution in [0.3, 0.4) is 0 Å². The molecule has 238 valence electrons. The Morgan fingerprint density at radius 3 is 1.88 bits per heavy atom. The van der Waals surface area contributed by atoms with Crippen molar-refractivity contribution in [3.8, 4) is 39.1 Å². The summed E-state index contributed by atoms with van der Waals surface area (Å²) < 4.78 is 15.8. The number of aromatic nitrogens is 1. The van der Waals surface area contributed by atoms with E-state index < -0.39 is 0 Å². The first-order chi connectivity index (χ1) is 25.3. The standard InChI is InChI=1S/C48H29NO2/c1-3-13-30(14-4-1)32-25-26-36-35-17-7-9-21-41(35)49(43(36)29-32)42-22-11-20-37-40-28-33(27-39(47(40)51-48(37)42)31-15-5-2-6-16-31)34-19-12-24-45-46(34)38-18-8-10-23-44(38)50-45/h1-29H. The van der Waals surface area contributed by atoms with Crippen molar-refractivity contribution in [1.29, 1.82) is 0 Å². The van der Waals surface area contributed by atoms with Crippen molar-refractivity contribution in [3.63, 3.8) is 0 Å². The van der Waals surface area contributed by atoms with Crippen LogP contribution in [0.2, 0.25) is 0 Å². The molecule has 0 atom stereocenters. The number of benzene rings is 8. The van der Waals surface area contributed by atoms with E-state index >= 15 is 0 Å². The van der Waals surface area contributed by atoms with Crippen LogP contribution in [-0.2, 0) is 0 Å². The topological polar surface area (TPSA) is 31.2 Å². The molecule has 11 aromatic rings. The Morgan fingerprint density at radius 1 is 0.333 bits per heavy atom. The van der Waals surface area contributed by atoms with Crippen LogP contribution in [0.4, 0.5) is 0 Å². The van der Waals surface area contributed by atoms with Gasteiger partial charge in [-0.1, -0.05) is 133 Å². The molecule has 3 heterocycles. The second-order valence-corrected chi connectivity index (χ2v) is 13.2. The normalized spacial score (nSPS) is 11.9. The minimum absolute atomic E-state index is 0.863. The summed E-state index contributed by atoms with van der Waals surface area (Å²) >= 11 is 0. The average molecular weight is 652 g/mol. The molecule has 0 aliphatic rings.